The van der Waals surface area contributed by atoms with Crippen LogP contribution < -0.4 is 10.6 Å². The zero-order chi connectivity index (χ0) is 21.2. The molecule has 0 unspecified atom stereocenters. The van der Waals surface area contributed by atoms with E-state index in [4.69, 9.17) is 4.99 Å². The van der Waals surface area contributed by atoms with Crippen molar-refractivity contribution in [2.75, 3.05) is 26.2 Å². The Balaban J connectivity index is 0.00000341. The summed E-state index contributed by atoms with van der Waals surface area (Å²) in [5.41, 5.74) is 4.06. The molecule has 1 aliphatic heterocycles. The topological polar surface area (TPSA) is 59.9 Å². The average Bonchev–Trinajstić information content (AvgIpc) is 2.75. The van der Waals surface area contributed by atoms with Gasteiger partial charge in [0.1, 0.15) is 5.75 Å². The van der Waals surface area contributed by atoms with E-state index in [1.807, 2.05) is 12.1 Å². The molecule has 1 saturated heterocycles. The smallest absolute Gasteiger partial charge is 0.191 e. The number of rotatable bonds is 8. The summed E-state index contributed by atoms with van der Waals surface area (Å²) >= 11 is 0. The number of nitrogens with zero attached hydrogens (tertiary/aromatic N) is 2. The van der Waals surface area contributed by atoms with Gasteiger partial charge in [-0.3, -0.25) is 9.89 Å². The van der Waals surface area contributed by atoms with Crippen molar-refractivity contribution in [3.63, 3.8) is 0 Å². The molecule has 0 atom stereocenters. The van der Waals surface area contributed by atoms with Gasteiger partial charge in [0.15, 0.2) is 5.96 Å². The number of aromatic hydroxyl groups is 1. The average molecular weight is 537 g/mol. The highest BCUT2D eigenvalue weighted by molar-refractivity contribution is 14.0. The maximum absolute atomic E-state index is 9.38. The fraction of sp³-hybridized carbons (Fsp3) is 0.480. The second-order valence-electron chi connectivity index (χ2n) is 8.15. The molecule has 0 spiro atoms. The molecule has 0 saturated carbocycles. The molecule has 0 aliphatic carbocycles. The van der Waals surface area contributed by atoms with Gasteiger partial charge in [-0.1, -0.05) is 36.4 Å². The van der Waals surface area contributed by atoms with Crippen molar-refractivity contribution in [3.8, 4) is 5.75 Å². The number of hydrogen-bond donors (Lipinski definition) is 3. The van der Waals surface area contributed by atoms with Crippen LogP contribution in [-0.2, 0) is 13.0 Å². The molecule has 2 aromatic rings. The Labute approximate surface area is 204 Å². The van der Waals surface area contributed by atoms with Gasteiger partial charge in [0.2, 0.25) is 0 Å². The summed E-state index contributed by atoms with van der Waals surface area (Å²) in [5.74, 6) is 1.25. The summed E-state index contributed by atoms with van der Waals surface area (Å²) in [7, 11) is 0. The van der Waals surface area contributed by atoms with E-state index in [-0.39, 0.29) is 24.0 Å². The van der Waals surface area contributed by atoms with Gasteiger partial charge in [0, 0.05) is 38.8 Å². The second-order valence-corrected chi connectivity index (χ2v) is 8.15. The number of hydrogen-bond acceptors (Lipinski definition) is 3. The van der Waals surface area contributed by atoms with E-state index in [9.17, 15) is 5.11 Å². The normalized spacial score (nSPS) is 15.4. The van der Waals surface area contributed by atoms with Crippen LogP contribution in [0.5, 0.6) is 5.75 Å². The molecule has 0 radical (unpaired) electrons. The van der Waals surface area contributed by atoms with Crippen molar-refractivity contribution in [2.24, 2.45) is 4.99 Å². The van der Waals surface area contributed by atoms with E-state index < -0.39 is 0 Å². The number of aryl methyl sites for hydroxylation is 2. The predicted octanol–water partition coefficient (Wildman–Crippen LogP) is 4.47. The first-order chi connectivity index (χ1) is 14.6. The van der Waals surface area contributed by atoms with E-state index in [0.29, 0.717) is 11.8 Å². The van der Waals surface area contributed by atoms with Gasteiger partial charge < -0.3 is 15.7 Å². The third-order valence-electron chi connectivity index (χ3n) is 5.76. The summed E-state index contributed by atoms with van der Waals surface area (Å²) in [5, 5.41) is 16.4. The van der Waals surface area contributed by atoms with Gasteiger partial charge in [0.05, 0.1) is 0 Å². The first kappa shape index (κ1) is 25.5. The number of phenolic OH excluding ortho intramolecular Hbond substituents is 1. The summed E-state index contributed by atoms with van der Waals surface area (Å²) in [6, 6.07) is 16.6. The molecule has 0 aromatic heterocycles. The predicted molar refractivity (Wildman–Crippen MR) is 140 cm³/mol. The number of aliphatic imine (C=N–C) groups is 1. The van der Waals surface area contributed by atoms with Crippen molar-refractivity contribution < 1.29 is 5.11 Å². The van der Waals surface area contributed by atoms with Crippen LogP contribution in [0.3, 0.4) is 0 Å². The Morgan fingerprint density at radius 2 is 1.81 bits per heavy atom. The van der Waals surface area contributed by atoms with Crippen molar-refractivity contribution >= 4 is 29.9 Å². The van der Waals surface area contributed by atoms with Crippen molar-refractivity contribution in [1.82, 2.24) is 15.5 Å². The number of phenols is 1. The van der Waals surface area contributed by atoms with E-state index >= 15 is 0 Å². The number of likely N-dealkylation sites (tertiary alicyclic amines) is 1. The van der Waals surface area contributed by atoms with Gasteiger partial charge in [-0.15, -0.1) is 24.0 Å². The van der Waals surface area contributed by atoms with Gasteiger partial charge >= 0.3 is 0 Å². The van der Waals surface area contributed by atoms with Crippen LogP contribution in [0.2, 0.25) is 0 Å². The van der Waals surface area contributed by atoms with Crippen LogP contribution >= 0.6 is 24.0 Å². The van der Waals surface area contributed by atoms with Gasteiger partial charge in [0.25, 0.3) is 0 Å². The zero-order valence-corrected chi connectivity index (χ0v) is 21.1. The van der Waals surface area contributed by atoms with Gasteiger partial charge in [-0.25, -0.2) is 0 Å². The molecule has 0 bridgehead atoms. The molecule has 170 valence electrons. The Hall–Kier alpha value is -1.80. The van der Waals surface area contributed by atoms with Crippen LogP contribution in [-0.4, -0.2) is 48.2 Å². The van der Waals surface area contributed by atoms with E-state index in [1.165, 1.54) is 16.7 Å². The number of halogens is 1. The highest BCUT2D eigenvalue weighted by Gasteiger charge is 2.20. The molecule has 0 amide bonds. The van der Waals surface area contributed by atoms with Crippen LogP contribution in [0.4, 0.5) is 0 Å². The Kier molecular flexibility index (Phi) is 11.2. The van der Waals surface area contributed by atoms with Gasteiger partial charge in [-0.2, -0.15) is 0 Å². The minimum atomic E-state index is 0. The molecule has 1 fully saturated rings. The summed E-state index contributed by atoms with van der Waals surface area (Å²) in [4.78, 5) is 7.33. The summed E-state index contributed by atoms with van der Waals surface area (Å²) in [6.07, 6.45) is 4.25. The van der Waals surface area contributed by atoms with Crippen molar-refractivity contribution in [3.05, 3.63) is 65.2 Å². The molecular weight excluding hydrogens is 499 g/mol. The maximum atomic E-state index is 9.38. The van der Waals surface area contributed by atoms with Crippen LogP contribution in [0, 0.1) is 6.92 Å². The first-order valence-corrected chi connectivity index (χ1v) is 11.2. The van der Waals surface area contributed by atoms with E-state index in [0.717, 1.165) is 64.4 Å². The van der Waals surface area contributed by atoms with Crippen molar-refractivity contribution in [1.29, 1.82) is 0 Å². The lowest BCUT2D eigenvalue weighted by molar-refractivity contribution is 0.198. The fourth-order valence-electron chi connectivity index (χ4n) is 3.91. The summed E-state index contributed by atoms with van der Waals surface area (Å²) in [6.45, 7) is 9.25. The first-order valence-electron chi connectivity index (χ1n) is 11.2. The monoisotopic (exact) mass is 536 g/mol. The molecule has 31 heavy (non-hydrogen) atoms. The van der Waals surface area contributed by atoms with Crippen molar-refractivity contribution in [2.45, 2.75) is 52.1 Å². The lowest BCUT2D eigenvalue weighted by Gasteiger charge is -2.33. The zero-order valence-electron chi connectivity index (χ0n) is 18.8. The maximum Gasteiger partial charge on any atom is 0.191 e. The van der Waals surface area contributed by atoms with Crippen LogP contribution in [0.25, 0.3) is 0 Å². The number of guanidine groups is 1. The highest BCUT2D eigenvalue weighted by atomic mass is 127. The SMILES string of the molecule is CCNC(=NCCCc1ccc(O)cc1)NC1CCN(Cc2ccccc2C)CC1.I. The molecule has 2 aromatic carbocycles. The third kappa shape index (κ3) is 8.69. The van der Waals surface area contributed by atoms with Gasteiger partial charge in [-0.05, 0) is 68.4 Å². The molecule has 3 rings (SSSR count). The summed E-state index contributed by atoms with van der Waals surface area (Å²) < 4.78 is 0. The number of nitrogens with one attached hydrogen (secondary N) is 2. The Morgan fingerprint density at radius 1 is 1.10 bits per heavy atom. The largest absolute Gasteiger partial charge is 0.508 e. The lowest BCUT2D eigenvalue weighted by Crippen LogP contribution is -2.48. The standard InChI is InChI=1S/C25H36N4O.HI/c1-3-26-25(27-16-6-8-21-10-12-24(30)13-11-21)28-23-14-17-29(18-15-23)19-22-9-5-4-7-20(22)2;/h4-5,7,9-13,23,30H,3,6,8,14-19H2,1-2H3,(H2,26,27,28);1H. The third-order valence-corrected chi connectivity index (χ3v) is 5.76. The molecule has 5 nitrogen and oxygen atoms in total. The second kappa shape index (κ2) is 13.6. The fourth-order valence-corrected chi connectivity index (χ4v) is 3.91. The number of benzene rings is 2. The minimum absolute atomic E-state index is 0. The Morgan fingerprint density at radius 3 is 2.48 bits per heavy atom. The molecule has 3 N–H and O–H groups in total. The quantitative estimate of drug-likeness (QED) is 0.202. The highest BCUT2D eigenvalue weighted by Crippen LogP contribution is 2.16. The minimum Gasteiger partial charge on any atom is -0.508 e. The van der Waals surface area contributed by atoms with E-state index in [2.05, 4.69) is 53.6 Å². The molecular formula is C25H37IN4O. The van der Waals surface area contributed by atoms with Crippen LogP contribution in [0.1, 0.15) is 42.9 Å². The molecule has 6 heteroatoms. The Bertz CT molecular complexity index is 801. The molecule has 1 heterocycles. The molecule has 1 aliphatic rings. The van der Waals surface area contributed by atoms with Crippen LogP contribution in [0.15, 0.2) is 53.5 Å². The number of piperidine rings is 1. The lowest BCUT2D eigenvalue weighted by atomic mass is 10.0. The van der Waals surface area contributed by atoms with E-state index in [1.54, 1.807) is 12.1 Å².